The van der Waals surface area contributed by atoms with Crippen molar-refractivity contribution in [3.8, 4) is 0 Å². The minimum atomic E-state index is 0.125. The number of azide groups is 1. The van der Waals surface area contributed by atoms with Gasteiger partial charge in [0.25, 0.3) is 0 Å². The fourth-order valence-electron chi connectivity index (χ4n) is 1.61. The third-order valence-corrected chi connectivity index (χ3v) is 2.79. The van der Waals surface area contributed by atoms with Crippen molar-refractivity contribution in [2.24, 2.45) is 17.0 Å². The summed E-state index contributed by atoms with van der Waals surface area (Å²) >= 11 is 0. The second kappa shape index (κ2) is 5.90. The van der Waals surface area contributed by atoms with E-state index in [4.69, 9.17) is 5.53 Å². The van der Waals surface area contributed by atoms with Gasteiger partial charge in [0.15, 0.2) is 0 Å². The number of hydrogen-bond donors (Lipinski definition) is 0. The molecule has 0 aromatic carbocycles. The van der Waals surface area contributed by atoms with Crippen LogP contribution in [0.5, 0.6) is 0 Å². The maximum atomic E-state index is 8.27. The first-order valence-corrected chi connectivity index (χ1v) is 4.71. The second-order valence-corrected chi connectivity index (χ2v) is 3.38. The van der Waals surface area contributed by atoms with E-state index >= 15 is 0 Å². The van der Waals surface area contributed by atoms with Crippen molar-refractivity contribution in [1.29, 1.82) is 0 Å². The van der Waals surface area contributed by atoms with Crippen molar-refractivity contribution in [2.45, 2.75) is 46.6 Å². The topological polar surface area (TPSA) is 48.8 Å². The fraction of sp³-hybridized carbons (Fsp3) is 1.00. The zero-order chi connectivity index (χ0) is 9.56. The molecule has 0 aliphatic rings. The van der Waals surface area contributed by atoms with E-state index in [1.54, 1.807) is 0 Å². The van der Waals surface area contributed by atoms with Gasteiger partial charge in [-0.1, -0.05) is 45.7 Å². The van der Waals surface area contributed by atoms with Crippen LogP contribution >= 0.6 is 0 Å². The predicted molar refractivity (Wildman–Crippen MR) is 51.8 cm³/mol. The summed E-state index contributed by atoms with van der Waals surface area (Å²) in [5, 5.41) is 3.72. The summed E-state index contributed by atoms with van der Waals surface area (Å²) in [7, 11) is 0. The highest BCUT2D eigenvalue weighted by Crippen LogP contribution is 2.23. The molecule has 0 heterocycles. The highest BCUT2D eigenvalue weighted by atomic mass is 15.1. The number of rotatable bonds is 5. The van der Waals surface area contributed by atoms with E-state index in [0.717, 1.165) is 0 Å². The normalized spacial score (nSPS) is 15.4. The zero-order valence-corrected chi connectivity index (χ0v) is 8.49. The lowest BCUT2D eigenvalue weighted by Crippen LogP contribution is -2.20. The third kappa shape index (κ3) is 3.14. The Hall–Kier alpha value is -0.690. The molecule has 0 amide bonds. The molecule has 12 heavy (non-hydrogen) atoms. The SMILES string of the molecule is CCC(CC)[C@@H](C)[C@H](C)N=[N+]=[N-]. The minimum Gasteiger partial charge on any atom is -0.0906 e. The van der Waals surface area contributed by atoms with Gasteiger partial charge in [0.2, 0.25) is 0 Å². The van der Waals surface area contributed by atoms with Gasteiger partial charge in [-0.3, -0.25) is 0 Å². The number of nitrogens with zero attached hydrogens (tertiary/aromatic N) is 3. The average Bonchev–Trinajstić information content (AvgIpc) is 2.07. The Balaban J connectivity index is 4.13. The van der Waals surface area contributed by atoms with E-state index < -0.39 is 0 Å². The molecule has 0 radical (unpaired) electrons. The van der Waals surface area contributed by atoms with E-state index in [-0.39, 0.29) is 6.04 Å². The van der Waals surface area contributed by atoms with Gasteiger partial charge in [-0.25, -0.2) is 0 Å². The molecule has 2 atom stereocenters. The lowest BCUT2D eigenvalue weighted by Gasteiger charge is -2.23. The Morgan fingerprint density at radius 1 is 1.25 bits per heavy atom. The van der Waals surface area contributed by atoms with Gasteiger partial charge in [0.05, 0.1) is 0 Å². The molecule has 70 valence electrons. The Kier molecular flexibility index (Phi) is 5.56. The summed E-state index contributed by atoms with van der Waals surface area (Å²) in [6, 6.07) is 0.125. The highest BCUT2D eigenvalue weighted by Gasteiger charge is 2.18. The van der Waals surface area contributed by atoms with E-state index in [1.165, 1.54) is 12.8 Å². The van der Waals surface area contributed by atoms with Crippen LogP contribution < -0.4 is 0 Å². The van der Waals surface area contributed by atoms with Crippen molar-refractivity contribution in [3.63, 3.8) is 0 Å². The average molecular weight is 169 g/mol. The van der Waals surface area contributed by atoms with Crippen LogP contribution in [0.15, 0.2) is 5.11 Å². The smallest absolute Gasteiger partial charge is 0.0374 e. The molecule has 0 bridgehead atoms. The Morgan fingerprint density at radius 3 is 2.08 bits per heavy atom. The van der Waals surface area contributed by atoms with Crippen molar-refractivity contribution < 1.29 is 0 Å². The summed E-state index contributed by atoms with van der Waals surface area (Å²) in [6.07, 6.45) is 2.34. The van der Waals surface area contributed by atoms with Crippen LogP contribution in [0.1, 0.15) is 40.5 Å². The molecule has 0 saturated heterocycles. The molecule has 0 aromatic rings. The van der Waals surface area contributed by atoms with Crippen molar-refractivity contribution in [1.82, 2.24) is 0 Å². The molecule has 0 fully saturated rings. The molecular weight excluding hydrogens is 150 g/mol. The standard InChI is InChI=1S/C9H19N3/c1-5-9(6-2)7(3)8(4)11-12-10/h7-9H,5-6H2,1-4H3/t7-,8-/m0/s1. The maximum Gasteiger partial charge on any atom is 0.0374 e. The molecular formula is C9H19N3. The first-order chi connectivity index (χ1) is 5.67. The minimum absolute atomic E-state index is 0.125. The van der Waals surface area contributed by atoms with E-state index in [0.29, 0.717) is 11.8 Å². The van der Waals surface area contributed by atoms with Gasteiger partial charge in [-0.05, 0) is 17.4 Å². The Bertz CT molecular complexity index is 157. The zero-order valence-electron chi connectivity index (χ0n) is 8.49. The van der Waals surface area contributed by atoms with Gasteiger partial charge >= 0.3 is 0 Å². The van der Waals surface area contributed by atoms with Crippen LogP contribution in [-0.4, -0.2) is 6.04 Å². The number of hydrogen-bond acceptors (Lipinski definition) is 1. The molecule has 3 heteroatoms. The Labute approximate surface area is 74.8 Å². The summed E-state index contributed by atoms with van der Waals surface area (Å²) in [6.45, 7) is 8.53. The lowest BCUT2D eigenvalue weighted by atomic mass is 9.85. The van der Waals surface area contributed by atoms with Gasteiger partial charge < -0.3 is 0 Å². The third-order valence-electron chi connectivity index (χ3n) is 2.79. The first kappa shape index (κ1) is 11.3. The summed E-state index contributed by atoms with van der Waals surface area (Å²) in [4.78, 5) is 2.83. The quantitative estimate of drug-likeness (QED) is 0.342. The largest absolute Gasteiger partial charge is 0.0906 e. The predicted octanol–water partition coefficient (Wildman–Crippen LogP) is 3.76. The molecule has 0 unspecified atom stereocenters. The molecule has 0 aliphatic heterocycles. The molecule has 0 spiro atoms. The molecule has 0 aromatic heterocycles. The highest BCUT2D eigenvalue weighted by molar-refractivity contribution is 4.74. The summed E-state index contributed by atoms with van der Waals surface area (Å²) in [5.74, 6) is 1.18. The monoisotopic (exact) mass is 169 g/mol. The van der Waals surface area contributed by atoms with Gasteiger partial charge in [0, 0.05) is 11.0 Å². The van der Waals surface area contributed by atoms with Gasteiger partial charge in [0.1, 0.15) is 0 Å². The maximum absolute atomic E-state index is 8.27. The van der Waals surface area contributed by atoms with E-state index in [1.807, 2.05) is 6.92 Å². The van der Waals surface area contributed by atoms with Gasteiger partial charge in [-0.15, -0.1) is 0 Å². The van der Waals surface area contributed by atoms with Crippen LogP contribution in [0.3, 0.4) is 0 Å². The van der Waals surface area contributed by atoms with Crippen molar-refractivity contribution >= 4 is 0 Å². The van der Waals surface area contributed by atoms with Crippen molar-refractivity contribution in [3.05, 3.63) is 10.4 Å². The van der Waals surface area contributed by atoms with Gasteiger partial charge in [-0.2, -0.15) is 0 Å². The second-order valence-electron chi connectivity index (χ2n) is 3.38. The summed E-state index contributed by atoms with van der Waals surface area (Å²) in [5.41, 5.74) is 8.27. The van der Waals surface area contributed by atoms with Crippen LogP contribution in [0, 0.1) is 11.8 Å². The molecule has 0 aliphatic carbocycles. The molecule has 0 N–H and O–H groups in total. The van der Waals surface area contributed by atoms with Crippen LogP contribution in [-0.2, 0) is 0 Å². The fourth-order valence-corrected chi connectivity index (χ4v) is 1.61. The first-order valence-electron chi connectivity index (χ1n) is 4.71. The van der Waals surface area contributed by atoms with Crippen LogP contribution in [0.25, 0.3) is 10.4 Å². The lowest BCUT2D eigenvalue weighted by molar-refractivity contribution is 0.297. The van der Waals surface area contributed by atoms with Crippen LogP contribution in [0.4, 0.5) is 0 Å². The Morgan fingerprint density at radius 2 is 1.75 bits per heavy atom. The van der Waals surface area contributed by atoms with E-state index in [2.05, 4.69) is 30.8 Å². The van der Waals surface area contributed by atoms with Crippen molar-refractivity contribution in [2.75, 3.05) is 0 Å². The molecule has 3 nitrogen and oxygen atoms in total. The summed E-state index contributed by atoms with van der Waals surface area (Å²) < 4.78 is 0. The molecule has 0 saturated carbocycles. The van der Waals surface area contributed by atoms with E-state index in [9.17, 15) is 0 Å². The molecule has 0 rings (SSSR count). The van der Waals surface area contributed by atoms with Crippen LogP contribution in [0.2, 0.25) is 0 Å².